The molecule has 27 heavy (non-hydrogen) atoms. The van der Waals surface area contributed by atoms with E-state index in [2.05, 4.69) is 49.4 Å². The summed E-state index contributed by atoms with van der Waals surface area (Å²) in [6.45, 7) is 3.72. The van der Waals surface area contributed by atoms with Crippen LogP contribution in [0, 0.1) is 0 Å². The van der Waals surface area contributed by atoms with E-state index in [1.54, 1.807) is 0 Å². The number of piperazine rings is 1. The largest absolute Gasteiger partial charge is 0.396 e. The molecule has 2 aliphatic rings. The van der Waals surface area contributed by atoms with Crippen molar-refractivity contribution >= 4 is 17.6 Å². The van der Waals surface area contributed by atoms with E-state index >= 15 is 0 Å². The Morgan fingerprint density at radius 1 is 1.15 bits per heavy atom. The van der Waals surface area contributed by atoms with Crippen molar-refractivity contribution in [3.63, 3.8) is 0 Å². The number of nitrogen functional groups attached to an aromatic ring is 1. The average molecular weight is 368 g/mol. The third kappa shape index (κ3) is 4.67. The molecule has 1 aliphatic heterocycles. The van der Waals surface area contributed by atoms with Crippen LogP contribution in [0.4, 0.5) is 17.6 Å². The molecular weight excluding hydrogens is 340 g/mol. The van der Waals surface area contributed by atoms with Crippen LogP contribution in [0.15, 0.2) is 36.4 Å². The summed E-state index contributed by atoms with van der Waals surface area (Å²) in [5, 5.41) is 13.0. The molecule has 0 spiro atoms. The van der Waals surface area contributed by atoms with Gasteiger partial charge in [-0.05, 0) is 24.8 Å². The first-order valence-electron chi connectivity index (χ1n) is 9.76. The highest BCUT2D eigenvalue weighted by Gasteiger charge is 2.28. The van der Waals surface area contributed by atoms with Crippen LogP contribution >= 0.6 is 0 Å². The van der Waals surface area contributed by atoms with E-state index in [-0.39, 0.29) is 12.6 Å². The van der Waals surface area contributed by atoms with Gasteiger partial charge in [0.25, 0.3) is 0 Å². The SMILES string of the molecule is Nc1nc(NC2CC2)cc(N2CCN(Cc3ccccc3)[C@H](CCO)C2)n1. The third-order valence-electron chi connectivity index (χ3n) is 5.28. The van der Waals surface area contributed by atoms with E-state index in [1.165, 1.54) is 18.4 Å². The molecule has 1 aliphatic carbocycles. The summed E-state index contributed by atoms with van der Waals surface area (Å²) < 4.78 is 0. The molecule has 4 rings (SSSR count). The molecule has 7 nitrogen and oxygen atoms in total. The smallest absolute Gasteiger partial charge is 0.223 e. The quantitative estimate of drug-likeness (QED) is 0.685. The molecule has 1 aromatic carbocycles. The highest BCUT2D eigenvalue weighted by molar-refractivity contribution is 5.53. The molecule has 1 saturated carbocycles. The van der Waals surface area contributed by atoms with Crippen molar-refractivity contribution < 1.29 is 5.11 Å². The van der Waals surface area contributed by atoms with Gasteiger partial charge in [0.15, 0.2) is 0 Å². The van der Waals surface area contributed by atoms with Gasteiger partial charge in [-0.3, -0.25) is 4.90 Å². The van der Waals surface area contributed by atoms with Gasteiger partial charge in [0.2, 0.25) is 5.95 Å². The lowest BCUT2D eigenvalue weighted by Crippen LogP contribution is -2.53. The van der Waals surface area contributed by atoms with Gasteiger partial charge >= 0.3 is 0 Å². The summed E-state index contributed by atoms with van der Waals surface area (Å²) in [7, 11) is 0. The van der Waals surface area contributed by atoms with Crippen molar-refractivity contribution in [1.82, 2.24) is 14.9 Å². The molecule has 0 bridgehead atoms. The predicted octanol–water partition coefficient (Wildman–Crippen LogP) is 1.71. The van der Waals surface area contributed by atoms with Crippen molar-refractivity contribution in [3.05, 3.63) is 42.0 Å². The fraction of sp³-hybridized carbons (Fsp3) is 0.500. The summed E-state index contributed by atoms with van der Waals surface area (Å²) >= 11 is 0. The minimum Gasteiger partial charge on any atom is -0.396 e. The molecule has 1 saturated heterocycles. The van der Waals surface area contributed by atoms with Crippen LogP contribution < -0.4 is 16.0 Å². The lowest BCUT2D eigenvalue weighted by Gasteiger charge is -2.42. The summed E-state index contributed by atoms with van der Waals surface area (Å²) in [5.74, 6) is 1.99. The molecule has 0 unspecified atom stereocenters. The Kier molecular flexibility index (Phi) is 5.40. The Bertz CT molecular complexity index is 751. The first kappa shape index (κ1) is 18.0. The Hall–Kier alpha value is -2.38. The van der Waals surface area contributed by atoms with E-state index < -0.39 is 0 Å². The van der Waals surface area contributed by atoms with E-state index in [0.717, 1.165) is 44.2 Å². The van der Waals surface area contributed by atoms with Crippen molar-refractivity contribution in [2.24, 2.45) is 0 Å². The normalized spacial score (nSPS) is 20.6. The van der Waals surface area contributed by atoms with Crippen LogP contribution in [0.25, 0.3) is 0 Å². The minimum absolute atomic E-state index is 0.185. The average Bonchev–Trinajstić information content (AvgIpc) is 3.48. The minimum atomic E-state index is 0.185. The molecule has 2 fully saturated rings. The number of aromatic nitrogens is 2. The summed E-state index contributed by atoms with van der Waals surface area (Å²) in [5.41, 5.74) is 7.25. The van der Waals surface area contributed by atoms with E-state index in [9.17, 15) is 5.11 Å². The lowest BCUT2D eigenvalue weighted by molar-refractivity contribution is 0.135. The molecule has 7 heteroatoms. The molecular formula is C20H28N6O. The molecule has 1 atom stereocenters. The molecule has 144 valence electrons. The van der Waals surface area contributed by atoms with Crippen LogP contribution in [-0.2, 0) is 6.54 Å². The zero-order valence-corrected chi connectivity index (χ0v) is 15.6. The number of aliphatic hydroxyl groups is 1. The Labute approximate surface area is 160 Å². The van der Waals surface area contributed by atoms with Crippen LogP contribution in [-0.4, -0.2) is 58.3 Å². The number of anilines is 3. The molecule has 0 radical (unpaired) electrons. The predicted molar refractivity (Wildman–Crippen MR) is 108 cm³/mol. The first-order chi connectivity index (χ1) is 13.2. The van der Waals surface area contributed by atoms with Crippen molar-refractivity contribution in [2.45, 2.75) is 37.9 Å². The number of aliphatic hydroxyl groups excluding tert-OH is 1. The van der Waals surface area contributed by atoms with Gasteiger partial charge in [0.05, 0.1) is 0 Å². The molecule has 4 N–H and O–H groups in total. The van der Waals surface area contributed by atoms with Crippen LogP contribution in [0.2, 0.25) is 0 Å². The number of hydrogen-bond acceptors (Lipinski definition) is 7. The maximum absolute atomic E-state index is 9.55. The van der Waals surface area contributed by atoms with Gasteiger partial charge in [0.1, 0.15) is 11.6 Å². The van der Waals surface area contributed by atoms with Crippen molar-refractivity contribution in [2.75, 3.05) is 42.2 Å². The fourth-order valence-electron chi connectivity index (χ4n) is 3.68. The monoisotopic (exact) mass is 368 g/mol. The summed E-state index contributed by atoms with van der Waals surface area (Å²) in [4.78, 5) is 13.5. The van der Waals surface area contributed by atoms with E-state index in [0.29, 0.717) is 12.0 Å². The number of hydrogen-bond donors (Lipinski definition) is 3. The highest BCUT2D eigenvalue weighted by Crippen LogP contribution is 2.27. The highest BCUT2D eigenvalue weighted by atomic mass is 16.3. The number of rotatable bonds is 7. The first-order valence-corrected chi connectivity index (χ1v) is 9.76. The molecule has 2 aromatic rings. The van der Waals surface area contributed by atoms with Gasteiger partial charge < -0.3 is 21.1 Å². The zero-order chi connectivity index (χ0) is 18.6. The number of nitrogens with one attached hydrogen (secondary N) is 1. The van der Waals surface area contributed by atoms with Crippen molar-refractivity contribution in [3.8, 4) is 0 Å². The maximum atomic E-state index is 9.55. The van der Waals surface area contributed by atoms with Gasteiger partial charge in [-0.25, -0.2) is 0 Å². The van der Waals surface area contributed by atoms with Crippen LogP contribution in [0.3, 0.4) is 0 Å². The maximum Gasteiger partial charge on any atom is 0.223 e. The van der Waals surface area contributed by atoms with Crippen LogP contribution in [0.5, 0.6) is 0 Å². The Balaban J connectivity index is 1.47. The summed E-state index contributed by atoms with van der Waals surface area (Å²) in [6, 6.07) is 13.3. The third-order valence-corrected chi connectivity index (χ3v) is 5.28. The topological polar surface area (TPSA) is 90.5 Å². The number of nitrogens with zero attached hydrogens (tertiary/aromatic N) is 4. The van der Waals surface area contributed by atoms with E-state index in [4.69, 9.17) is 5.73 Å². The molecule has 1 aromatic heterocycles. The van der Waals surface area contributed by atoms with Gasteiger partial charge in [-0.2, -0.15) is 9.97 Å². The molecule has 0 amide bonds. The zero-order valence-electron chi connectivity index (χ0n) is 15.6. The summed E-state index contributed by atoms with van der Waals surface area (Å²) in [6.07, 6.45) is 3.13. The van der Waals surface area contributed by atoms with E-state index in [1.807, 2.05) is 12.1 Å². The Morgan fingerprint density at radius 2 is 1.96 bits per heavy atom. The lowest BCUT2D eigenvalue weighted by atomic mass is 10.1. The van der Waals surface area contributed by atoms with Gasteiger partial charge in [-0.1, -0.05) is 30.3 Å². The second-order valence-corrected chi connectivity index (χ2v) is 7.46. The standard InChI is InChI=1S/C20H28N6O/c21-20-23-18(22-16-6-7-16)12-19(24-20)26-10-9-25(17(14-26)8-11-27)13-15-4-2-1-3-5-15/h1-5,12,16-17,27H,6-11,13-14H2,(H3,21,22,23,24)/t17-/m1/s1. The fourth-order valence-corrected chi connectivity index (χ4v) is 3.68. The van der Waals surface area contributed by atoms with Crippen molar-refractivity contribution in [1.29, 1.82) is 0 Å². The second-order valence-electron chi connectivity index (χ2n) is 7.46. The van der Waals surface area contributed by atoms with Gasteiger partial charge in [-0.15, -0.1) is 0 Å². The van der Waals surface area contributed by atoms with Crippen LogP contribution in [0.1, 0.15) is 24.8 Å². The van der Waals surface area contributed by atoms with Gasteiger partial charge in [0, 0.05) is 50.9 Å². The Morgan fingerprint density at radius 3 is 2.70 bits per heavy atom. The number of benzene rings is 1. The second kappa shape index (κ2) is 8.10. The number of nitrogens with two attached hydrogens (primary N) is 1. The molecule has 2 heterocycles.